The van der Waals surface area contributed by atoms with Crippen LogP contribution in [-0.2, 0) is 18.2 Å². The molecule has 6 heteroatoms. The fraction of sp³-hybridized carbons (Fsp3) is 0.526. The van der Waals surface area contributed by atoms with Gasteiger partial charge in [0, 0.05) is 44.8 Å². The van der Waals surface area contributed by atoms with Gasteiger partial charge in [-0.25, -0.2) is 0 Å². The third kappa shape index (κ3) is 3.90. The predicted octanol–water partition coefficient (Wildman–Crippen LogP) is 2.76. The Kier molecular flexibility index (Phi) is 5.48. The van der Waals surface area contributed by atoms with Gasteiger partial charge in [-0.2, -0.15) is 5.10 Å². The van der Waals surface area contributed by atoms with Crippen molar-refractivity contribution < 1.29 is 9.53 Å². The number of nitrogens with zero attached hydrogens (tertiary/aromatic N) is 3. The van der Waals surface area contributed by atoms with E-state index in [0.29, 0.717) is 5.56 Å². The number of aryl methyl sites for hydroxylation is 2. The highest BCUT2D eigenvalue weighted by molar-refractivity contribution is 5.95. The minimum atomic E-state index is -0.0757. The van der Waals surface area contributed by atoms with E-state index in [1.54, 1.807) is 10.9 Å². The number of nitrogens with one attached hydrogen (secondary N) is 1. The van der Waals surface area contributed by atoms with Crippen molar-refractivity contribution in [2.45, 2.75) is 45.1 Å². The van der Waals surface area contributed by atoms with Crippen LogP contribution in [0.5, 0.6) is 0 Å². The van der Waals surface area contributed by atoms with Crippen LogP contribution in [0.25, 0.3) is 0 Å². The third-order valence-electron chi connectivity index (χ3n) is 4.85. The average molecular weight is 342 g/mol. The topological polar surface area (TPSA) is 69.0 Å². The zero-order chi connectivity index (χ0) is 17.8. The first kappa shape index (κ1) is 17.6. The van der Waals surface area contributed by atoms with E-state index in [-0.39, 0.29) is 17.9 Å². The quantitative estimate of drug-likeness (QED) is 0.907. The molecule has 1 unspecified atom stereocenters. The minimum absolute atomic E-state index is 0.0686. The molecular weight excluding hydrogens is 316 g/mol. The smallest absolute Gasteiger partial charge is 0.255 e. The second-order valence-electron chi connectivity index (χ2n) is 6.61. The molecule has 3 heterocycles. The van der Waals surface area contributed by atoms with Crippen LogP contribution >= 0.6 is 0 Å². The summed E-state index contributed by atoms with van der Waals surface area (Å²) in [7, 11) is 1.86. The molecule has 0 saturated carbocycles. The van der Waals surface area contributed by atoms with Crippen molar-refractivity contribution in [3.05, 3.63) is 47.0 Å². The summed E-state index contributed by atoms with van der Waals surface area (Å²) in [4.78, 5) is 17.1. The lowest BCUT2D eigenvalue weighted by molar-refractivity contribution is 0.0831. The molecule has 1 fully saturated rings. The standard InChI is InChI=1S/C19H26N4O2/c1-4-14-11-20-8-5-16(14)13(2)21-19(24)17-12-23(3)22-18(17)15-6-9-25-10-7-15/h5,8,11-13,15H,4,6-7,9-10H2,1-3H3,(H,21,24). The van der Waals surface area contributed by atoms with Crippen LogP contribution < -0.4 is 5.32 Å². The summed E-state index contributed by atoms with van der Waals surface area (Å²) in [6.45, 7) is 5.57. The van der Waals surface area contributed by atoms with Crippen molar-refractivity contribution >= 4 is 5.91 Å². The molecule has 1 aliphatic heterocycles. The summed E-state index contributed by atoms with van der Waals surface area (Å²) in [5.74, 6) is 0.221. The summed E-state index contributed by atoms with van der Waals surface area (Å²) < 4.78 is 7.17. The highest BCUT2D eigenvalue weighted by Crippen LogP contribution is 2.28. The van der Waals surface area contributed by atoms with E-state index >= 15 is 0 Å². The van der Waals surface area contributed by atoms with E-state index in [1.807, 2.05) is 32.4 Å². The van der Waals surface area contributed by atoms with Crippen LogP contribution in [0.1, 0.15) is 65.8 Å². The number of carbonyl (C=O) groups is 1. The first-order valence-electron chi connectivity index (χ1n) is 8.95. The van der Waals surface area contributed by atoms with Crippen LogP contribution in [0.15, 0.2) is 24.7 Å². The van der Waals surface area contributed by atoms with Gasteiger partial charge in [-0.05, 0) is 43.4 Å². The molecule has 0 radical (unpaired) electrons. The Balaban J connectivity index is 1.79. The van der Waals surface area contributed by atoms with Gasteiger partial charge >= 0.3 is 0 Å². The summed E-state index contributed by atoms with van der Waals surface area (Å²) >= 11 is 0. The second kappa shape index (κ2) is 7.78. The summed E-state index contributed by atoms with van der Waals surface area (Å²) in [5.41, 5.74) is 3.84. The van der Waals surface area contributed by atoms with Gasteiger partial charge in [0.1, 0.15) is 0 Å². The van der Waals surface area contributed by atoms with E-state index in [0.717, 1.165) is 49.3 Å². The average Bonchev–Trinajstić information content (AvgIpc) is 3.04. The van der Waals surface area contributed by atoms with Gasteiger partial charge < -0.3 is 10.1 Å². The predicted molar refractivity (Wildman–Crippen MR) is 95.5 cm³/mol. The highest BCUT2D eigenvalue weighted by atomic mass is 16.5. The molecule has 0 spiro atoms. The Labute approximate surface area is 148 Å². The number of hydrogen-bond acceptors (Lipinski definition) is 4. The summed E-state index contributed by atoms with van der Waals surface area (Å²) in [6.07, 6.45) is 8.18. The lowest BCUT2D eigenvalue weighted by atomic mass is 9.93. The number of hydrogen-bond donors (Lipinski definition) is 1. The number of amides is 1. The number of rotatable bonds is 5. The van der Waals surface area contributed by atoms with E-state index in [4.69, 9.17) is 4.74 Å². The van der Waals surface area contributed by atoms with Crippen LogP contribution in [0.3, 0.4) is 0 Å². The Hall–Kier alpha value is -2.21. The first-order valence-corrected chi connectivity index (χ1v) is 8.95. The number of aromatic nitrogens is 3. The van der Waals surface area contributed by atoms with Crippen LogP contribution in [0.2, 0.25) is 0 Å². The lowest BCUT2D eigenvalue weighted by Gasteiger charge is -2.22. The van der Waals surface area contributed by atoms with Crippen molar-refractivity contribution in [1.29, 1.82) is 0 Å². The first-order chi connectivity index (χ1) is 12.1. The lowest BCUT2D eigenvalue weighted by Crippen LogP contribution is -2.28. The molecule has 2 aromatic heterocycles. The molecule has 134 valence electrons. The number of pyridine rings is 1. The zero-order valence-electron chi connectivity index (χ0n) is 15.2. The maximum atomic E-state index is 12.9. The second-order valence-corrected chi connectivity index (χ2v) is 6.61. The van der Waals surface area contributed by atoms with Crippen LogP contribution in [0, 0.1) is 0 Å². The maximum Gasteiger partial charge on any atom is 0.255 e. The summed E-state index contributed by atoms with van der Waals surface area (Å²) in [6, 6.07) is 1.90. The number of carbonyl (C=O) groups excluding carboxylic acids is 1. The highest BCUT2D eigenvalue weighted by Gasteiger charge is 2.26. The van der Waals surface area contributed by atoms with E-state index in [2.05, 4.69) is 22.3 Å². The largest absolute Gasteiger partial charge is 0.381 e. The molecule has 3 rings (SSSR count). The van der Waals surface area contributed by atoms with Gasteiger partial charge in [-0.15, -0.1) is 0 Å². The zero-order valence-corrected chi connectivity index (χ0v) is 15.2. The Bertz CT molecular complexity index is 735. The van der Waals surface area contributed by atoms with Crippen LogP contribution in [0.4, 0.5) is 0 Å². The van der Waals surface area contributed by atoms with E-state index < -0.39 is 0 Å². The minimum Gasteiger partial charge on any atom is -0.381 e. The van der Waals surface area contributed by atoms with Gasteiger partial charge in [-0.3, -0.25) is 14.5 Å². The van der Waals surface area contributed by atoms with Gasteiger partial charge in [0.05, 0.1) is 17.3 Å². The molecule has 1 atom stereocenters. The molecule has 2 aromatic rings. The van der Waals surface area contributed by atoms with E-state index in [1.165, 1.54) is 0 Å². The Morgan fingerprint density at radius 1 is 1.44 bits per heavy atom. The molecule has 0 bridgehead atoms. The molecule has 1 N–H and O–H groups in total. The molecule has 0 aliphatic carbocycles. The Morgan fingerprint density at radius 2 is 2.20 bits per heavy atom. The molecule has 0 aromatic carbocycles. The van der Waals surface area contributed by atoms with Gasteiger partial charge in [0.2, 0.25) is 0 Å². The molecule has 1 amide bonds. The van der Waals surface area contributed by atoms with Gasteiger partial charge in [-0.1, -0.05) is 6.92 Å². The monoisotopic (exact) mass is 342 g/mol. The fourth-order valence-electron chi connectivity index (χ4n) is 3.46. The summed E-state index contributed by atoms with van der Waals surface area (Å²) in [5, 5.41) is 7.69. The molecule has 25 heavy (non-hydrogen) atoms. The van der Waals surface area contributed by atoms with Crippen molar-refractivity contribution in [1.82, 2.24) is 20.1 Å². The normalized spacial score (nSPS) is 16.6. The van der Waals surface area contributed by atoms with Gasteiger partial charge in [0.15, 0.2) is 0 Å². The maximum absolute atomic E-state index is 12.9. The number of ether oxygens (including phenoxy) is 1. The molecular formula is C19H26N4O2. The SMILES string of the molecule is CCc1cnccc1C(C)NC(=O)c1cn(C)nc1C1CCOCC1. The molecule has 1 aliphatic rings. The van der Waals surface area contributed by atoms with E-state index in [9.17, 15) is 4.79 Å². The van der Waals surface area contributed by atoms with Crippen molar-refractivity contribution in [2.24, 2.45) is 7.05 Å². The van der Waals surface area contributed by atoms with Crippen molar-refractivity contribution in [3.63, 3.8) is 0 Å². The van der Waals surface area contributed by atoms with Crippen molar-refractivity contribution in [2.75, 3.05) is 13.2 Å². The Morgan fingerprint density at radius 3 is 2.92 bits per heavy atom. The van der Waals surface area contributed by atoms with Crippen molar-refractivity contribution in [3.8, 4) is 0 Å². The molecule has 1 saturated heterocycles. The van der Waals surface area contributed by atoms with Gasteiger partial charge in [0.25, 0.3) is 5.91 Å². The molecule has 6 nitrogen and oxygen atoms in total. The van der Waals surface area contributed by atoms with Crippen LogP contribution in [-0.4, -0.2) is 33.9 Å². The fourth-order valence-corrected chi connectivity index (χ4v) is 3.46. The third-order valence-corrected chi connectivity index (χ3v) is 4.85.